The maximum absolute atomic E-state index is 13.1. The summed E-state index contributed by atoms with van der Waals surface area (Å²) in [6, 6.07) is 4.80. The molecule has 2 N–H and O–H groups in total. The molecule has 1 aromatic heterocycles. The second-order valence-corrected chi connectivity index (χ2v) is 9.68. The van der Waals surface area contributed by atoms with Crippen LogP contribution in [0.3, 0.4) is 0 Å². The standard InChI is InChI=1S/C23H29N5O6S/c1-13(2)12-17(22-26-27-23(34-22)35-3)21(31)25-20(30)16-6-4-5-7-18(16)24-19(29)14-8-10-15(11-9-14)28(32)33/h8-11,13,16-18H,4-7,12H2,1-3H3,(H,24,29)(H,25,30,31)/t16-,17-,18+/m1/s1. The second-order valence-electron chi connectivity index (χ2n) is 8.92. The number of aromatic nitrogens is 2. The van der Waals surface area contributed by atoms with Crippen molar-refractivity contribution in [3.8, 4) is 0 Å². The predicted octanol–water partition coefficient (Wildman–Crippen LogP) is 3.46. The molecule has 3 rings (SSSR count). The smallest absolute Gasteiger partial charge is 0.276 e. The van der Waals surface area contributed by atoms with Gasteiger partial charge >= 0.3 is 0 Å². The van der Waals surface area contributed by atoms with Crippen LogP contribution < -0.4 is 10.6 Å². The van der Waals surface area contributed by atoms with Gasteiger partial charge in [-0.05, 0) is 43.6 Å². The number of nitrogens with one attached hydrogen (secondary N) is 2. The Morgan fingerprint density at radius 1 is 1.17 bits per heavy atom. The number of non-ortho nitro benzene ring substituents is 1. The zero-order valence-electron chi connectivity index (χ0n) is 19.9. The first kappa shape index (κ1) is 26.3. The van der Waals surface area contributed by atoms with Crippen molar-refractivity contribution in [3.63, 3.8) is 0 Å². The van der Waals surface area contributed by atoms with E-state index in [1.165, 1.54) is 36.0 Å². The normalized spacial score (nSPS) is 18.6. The maximum atomic E-state index is 13.1. The van der Waals surface area contributed by atoms with Crippen LogP contribution in [0.4, 0.5) is 5.69 Å². The number of imide groups is 1. The highest BCUT2D eigenvalue weighted by atomic mass is 32.2. The van der Waals surface area contributed by atoms with Crippen LogP contribution in [0, 0.1) is 22.0 Å². The summed E-state index contributed by atoms with van der Waals surface area (Å²) in [5.41, 5.74) is 0.145. The lowest BCUT2D eigenvalue weighted by Gasteiger charge is -2.31. The molecule has 1 fully saturated rings. The van der Waals surface area contributed by atoms with Crippen molar-refractivity contribution < 1.29 is 23.7 Å². The number of hydrogen-bond acceptors (Lipinski definition) is 9. The Kier molecular flexibility index (Phi) is 8.96. The SMILES string of the molecule is CSc1nnc([C@H](CC(C)C)C(=O)NC(=O)[C@@H]2CCCC[C@@H]2NC(=O)c2ccc([N+](=O)[O-])cc2)o1. The molecule has 1 saturated carbocycles. The number of rotatable bonds is 9. The van der Waals surface area contributed by atoms with E-state index < -0.39 is 40.5 Å². The average molecular weight is 504 g/mol. The van der Waals surface area contributed by atoms with E-state index in [1.807, 2.05) is 13.8 Å². The minimum absolute atomic E-state index is 0.114. The molecular weight excluding hydrogens is 474 g/mol. The molecular formula is C23H29N5O6S. The molecule has 0 spiro atoms. The predicted molar refractivity (Wildman–Crippen MR) is 128 cm³/mol. The van der Waals surface area contributed by atoms with Crippen molar-refractivity contribution >= 4 is 35.2 Å². The van der Waals surface area contributed by atoms with Gasteiger partial charge in [0.15, 0.2) is 0 Å². The van der Waals surface area contributed by atoms with Crippen LogP contribution in [-0.4, -0.2) is 45.1 Å². The van der Waals surface area contributed by atoms with Gasteiger partial charge in [0, 0.05) is 23.7 Å². The minimum Gasteiger partial charge on any atom is -0.415 e. The van der Waals surface area contributed by atoms with Crippen molar-refractivity contribution in [3.05, 3.63) is 45.8 Å². The second kappa shape index (κ2) is 11.9. The molecule has 2 aromatic rings. The fourth-order valence-corrected chi connectivity index (χ4v) is 4.43. The van der Waals surface area contributed by atoms with Crippen LogP contribution in [0.2, 0.25) is 0 Å². The van der Waals surface area contributed by atoms with Crippen molar-refractivity contribution in [2.24, 2.45) is 11.8 Å². The third kappa shape index (κ3) is 6.87. The molecule has 11 nitrogen and oxygen atoms in total. The van der Waals surface area contributed by atoms with E-state index in [2.05, 4.69) is 20.8 Å². The largest absolute Gasteiger partial charge is 0.415 e. The van der Waals surface area contributed by atoms with Gasteiger partial charge in [-0.2, -0.15) is 0 Å². The summed E-state index contributed by atoms with van der Waals surface area (Å²) in [4.78, 5) is 49.2. The van der Waals surface area contributed by atoms with Gasteiger partial charge in [0.2, 0.25) is 17.7 Å². The Balaban J connectivity index is 1.69. The van der Waals surface area contributed by atoms with Crippen molar-refractivity contribution in [2.75, 3.05) is 6.26 Å². The zero-order chi connectivity index (χ0) is 25.5. The summed E-state index contributed by atoms with van der Waals surface area (Å²) in [6.45, 7) is 3.91. The number of benzene rings is 1. The average Bonchev–Trinajstić information content (AvgIpc) is 3.31. The molecule has 0 unspecified atom stereocenters. The summed E-state index contributed by atoms with van der Waals surface area (Å²) in [7, 11) is 0. The van der Waals surface area contributed by atoms with Crippen molar-refractivity contribution in [1.29, 1.82) is 0 Å². The molecule has 35 heavy (non-hydrogen) atoms. The van der Waals surface area contributed by atoms with Crippen molar-refractivity contribution in [2.45, 2.75) is 63.1 Å². The van der Waals surface area contributed by atoms with E-state index in [1.54, 1.807) is 6.26 Å². The summed E-state index contributed by atoms with van der Waals surface area (Å²) >= 11 is 1.27. The number of thioether (sulfide) groups is 1. The lowest BCUT2D eigenvalue weighted by Crippen LogP contribution is -2.50. The molecule has 3 atom stereocenters. The summed E-state index contributed by atoms with van der Waals surface area (Å²) in [5.74, 6) is -2.42. The van der Waals surface area contributed by atoms with E-state index in [-0.39, 0.29) is 23.1 Å². The summed E-state index contributed by atoms with van der Waals surface area (Å²) in [5, 5.41) is 24.4. The van der Waals surface area contributed by atoms with Gasteiger partial charge in [0.05, 0.1) is 10.8 Å². The van der Waals surface area contributed by atoms with Crippen LogP contribution in [0.25, 0.3) is 0 Å². The molecule has 0 radical (unpaired) electrons. The van der Waals surface area contributed by atoms with Gasteiger partial charge in [-0.1, -0.05) is 38.5 Å². The topological polar surface area (TPSA) is 157 Å². The van der Waals surface area contributed by atoms with Crippen LogP contribution in [-0.2, 0) is 9.59 Å². The number of hydrogen-bond donors (Lipinski definition) is 2. The van der Waals surface area contributed by atoms with Crippen molar-refractivity contribution in [1.82, 2.24) is 20.8 Å². The molecule has 3 amide bonds. The number of carbonyl (C=O) groups excluding carboxylic acids is 3. The summed E-state index contributed by atoms with van der Waals surface area (Å²) < 4.78 is 5.56. The van der Waals surface area contributed by atoms with E-state index >= 15 is 0 Å². The van der Waals surface area contributed by atoms with E-state index in [4.69, 9.17) is 4.42 Å². The summed E-state index contributed by atoms with van der Waals surface area (Å²) in [6.07, 6.45) is 4.95. The minimum atomic E-state index is -0.760. The molecule has 1 aromatic carbocycles. The van der Waals surface area contributed by atoms with Gasteiger partial charge in [0.25, 0.3) is 16.8 Å². The van der Waals surface area contributed by atoms with Crippen LogP contribution >= 0.6 is 11.8 Å². The zero-order valence-corrected chi connectivity index (χ0v) is 20.7. The van der Waals surface area contributed by atoms with E-state index in [0.717, 1.165) is 12.8 Å². The molecule has 1 aliphatic rings. The highest BCUT2D eigenvalue weighted by molar-refractivity contribution is 7.98. The van der Waals surface area contributed by atoms with Crippen LogP contribution in [0.1, 0.15) is 68.1 Å². The van der Waals surface area contributed by atoms with Crippen LogP contribution in [0.15, 0.2) is 33.9 Å². The Morgan fingerprint density at radius 3 is 2.46 bits per heavy atom. The molecule has 1 aliphatic carbocycles. The number of nitrogens with zero attached hydrogens (tertiary/aromatic N) is 3. The highest BCUT2D eigenvalue weighted by Crippen LogP contribution is 2.28. The van der Waals surface area contributed by atoms with E-state index in [9.17, 15) is 24.5 Å². The quantitative estimate of drug-likeness (QED) is 0.297. The first-order chi connectivity index (χ1) is 16.7. The maximum Gasteiger partial charge on any atom is 0.276 e. The van der Waals surface area contributed by atoms with Gasteiger partial charge in [-0.15, -0.1) is 10.2 Å². The Labute approximate surface area is 207 Å². The lowest BCUT2D eigenvalue weighted by molar-refractivity contribution is -0.384. The fourth-order valence-electron chi connectivity index (χ4n) is 4.14. The molecule has 0 saturated heterocycles. The van der Waals surface area contributed by atoms with E-state index in [0.29, 0.717) is 24.5 Å². The van der Waals surface area contributed by atoms with Gasteiger partial charge in [-0.3, -0.25) is 29.8 Å². The van der Waals surface area contributed by atoms with Gasteiger partial charge < -0.3 is 9.73 Å². The number of nitro groups is 1. The highest BCUT2D eigenvalue weighted by Gasteiger charge is 2.35. The van der Waals surface area contributed by atoms with Gasteiger partial charge in [-0.25, -0.2) is 0 Å². The van der Waals surface area contributed by atoms with Crippen LogP contribution in [0.5, 0.6) is 0 Å². The monoisotopic (exact) mass is 503 g/mol. The molecule has 0 bridgehead atoms. The molecule has 1 heterocycles. The Hall–Kier alpha value is -3.28. The number of nitro benzene ring substituents is 1. The third-order valence-corrected chi connectivity index (χ3v) is 6.44. The Morgan fingerprint density at radius 2 is 1.86 bits per heavy atom. The number of carbonyl (C=O) groups is 3. The first-order valence-corrected chi connectivity index (χ1v) is 12.7. The molecule has 0 aliphatic heterocycles. The number of amides is 3. The first-order valence-electron chi connectivity index (χ1n) is 11.5. The molecule has 12 heteroatoms. The third-order valence-electron chi connectivity index (χ3n) is 5.92. The lowest BCUT2D eigenvalue weighted by atomic mass is 9.83. The fraction of sp³-hybridized carbons (Fsp3) is 0.522. The van der Waals surface area contributed by atoms with Gasteiger partial charge in [0.1, 0.15) is 5.92 Å². The Bertz CT molecular complexity index is 1070. The molecule has 188 valence electrons.